The van der Waals surface area contributed by atoms with Gasteiger partial charge in [0, 0.05) is 0 Å². The van der Waals surface area contributed by atoms with Crippen molar-refractivity contribution >= 4 is 29.0 Å². The number of anilines is 1. The zero-order valence-corrected chi connectivity index (χ0v) is 10.1. The number of hydrogen-bond donors (Lipinski definition) is 1. The molecule has 1 aromatic rings. The lowest BCUT2D eigenvalue weighted by atomic mass is 10.2. The van der Waals surface area contributed by atoms with E-state index in [1.54, 1.807) is 0 Å². The molecule has 17 heavy (non-hydrogen) atoms. The lowest BCUT2D eigenvalue weighted by Crippen LogP contribution is -2.12. The van der Waals surface area contributed by atoms with Crippen LogP contribution in [0, 0.1) is 0 Å². The van der Waals surface area contributed by atoms with Gasteiger partial charge in [-0.15, -0.1) is 0 Å². The number of carbonyl (C=O) groups is 1. The number of allylic oxidation sites excluding steroid dienone is 2. The summed E-state index contributed by atoms with van der Waals surface area (Å²) < 4.78 is 4.54. The number of aromatic nitrogens is 2. The van der Waals surface area contributed by atoms with Crippen molar-refractivity contribution in [3.63, 3.8) is 0 Å². The van der Waals surface area contributed by atoms with Crippen LogP contribution in [0.4, 0.5) is 5.82 Å². The average Bonchev–Trinajstić information content (AvgIpc) is 2.84. The zero-order chi connectivity index (χ0) is 12.4. The normalized spacial score (nSPS) is 14.6. The maximum atomic E-state index is 11.3. The first-order valence-electron chi connectivity index (χ1n) is 5.24. The molecule has 90 valence electrons. The topological polar surface area (TPSA) is 78.1 Å². The van der Waals surface area contributed by atoms with Crippen molar-refractivity contribution in [3.05, 3.63) is 22.6 Å². The maximum absolute atomic E-state index is 11.3. The quantitative estimate of drug-likeness (QED) is 0.817. The van der Waals surface area contributed by atoms with Crippen LogP contribution < -0.4 is 5.73 Å². The van der Waals surface area contributed by atoms with Gasteiger partial charge in [0.15, 0.2) is 16.7 Å². The number of rotatable bonds is 2. The molecule has 0 saturated carbocycles. The number of esters is 1. The second-order valence-corrected chi connectivity index (χ2v) is 4.07. The van der Waals surface area contributed by atoms with Gasteiger partial charge in [0.1, 0.15) is 5.69 Å². The van der Waals surface area contributed by atoms with E-state index in [9.17, 15) is 4.79 Å². The highest BCUT2D eigenvalue weighted by Gasteiger charge is 2.20. The molecule has 1 aliphatic rings. The summed E-state index contributed by atoms with van der Waals surface area (Å²) in [5, 5.41) is 0.188. The van der Waals surface area contributed by atoms with Crippen LogP contribution in [-0.2, 0) is 4.74 Å². The van der Waals surface area contributed by atoms with Crippen molar-refractivity contribution in [2.45, 2.75) is 19.3 Å². The predicted molar refractivity (Wildman–Crippen MR) is 64.6 cm³/mol. The van der Waals surface area contributed by atoms with Crippen molar-refractivity contribution < 1.29 is 9.53 Å². The molecule has 5 nitrogen and oxygen atoms in total. The van der Waals surface area contributed by atoms with E-state index in [2.05, 4.69) is 20.8 Å². The van der Waals surface area contributed by atoms with E-state index in [0.29, 0.717) is 5.69 Å². The van der Waals surface area contributed by atoms with E-state index in [-0.39, 0.29) is 16.7 Å². The molecule has 0 saturated heterocycles. The van der Waals surface area contributed by atoms with E-state index in [1.807, 2.05) is 0 Å². The van der Waals surface area contributed by atoms with Crippen molar-refractivity contribution in [1.82, 2.24) is 9.97 Å². The summed E-state index contributed by atoms with van der Waals surface area (Å²) in [6, 6.07) is 0. The van der Waals surface area contributed by atoms with Crippen LogP contribution in [0.15, 0.2) is 6.08 Å². The molecule has 0 unspecified atom stereocenters. The van der Waals surface area contributed by atoms with Gasteiger partial charge in [0.25, 0.3) is 0 Å². The van der Waals surface area contributed by atoms with Crippen LogP contribution in [-0.4, -0.2) is 23.0 Å². The fourth-order valence-corrected chi connectivity index (χ4v) is 2.01. The van der Waals surface area contributed by atoms with Gasteiger partial charge in [-0.1, -0.05) is 17.7 Å². The highest BCUT2D eigenvalue weighted by molar-refractivity contribution is 6.31. The Morgan fingerprint density at radius 1 is 1.53 bits per heavy atom. The van der Waals surface area contributed by atoms with E-state index >= 15 is 0 Å². The number of nitrogens with two attached hydrogens (primary N) is 1. The first-order chi connectivity index (χ1) is 8.13. The molecule has 0 fully saturated rings. The number of hydrogen-bond acceptors (Lipinski definition) is 5. The molecule has 1 aromatic heterocycles. The minimum Gasteiger partial charge on any atom is -0.464 e. The van der Waals surface area contributed by atoms with Crippen LogP contribution in [0.3, 0.4) is 0 Å². The Labute approximate surface area is 104 Å². The standard InChI is InChI=1S/C11H12ClN3O2/c1-17-11(16)8-10(13)15-7(9(12)14-8)6-4-2-3-5-6/h4H,2-3,5H2,1H3,(H2,13,15). The van der Waals surface area contributed by atoms with Crippen molar-refractivity contribution in [2.24, 2.45) is 0 Å². The van der Waals surface area contributed by atoms with Crippen LogP contribution in [0.2, 0.25) is 5.15 Å². The highest BCUT2D eigenvalue weighted by Crippen LogP contribution is 2.31. The third-order valence-electron chi connectivity index (χ3n) is 2.60. The van der Waals surface area contributed by atoms with E-state index in [0.717, 1.165) is 24.8 Å². The molecule has 0 aromatic carbocycles. The lowest BCUT2D eigenvalue weighted by molar-refractivity contribution is 0.0595. The van der Waals surface area contributed by atoms with Gasteiger partial charge < -0.3 is 10.5 Å². The molecule has 0 aliphatic heterocycles. The van der Waals surface area contributed by atoms with Gasteiger partial charge in [-0.05, 0) is 24.8 Å². The minimum absolute atomic E-state index is 0.0418. The molecule has 0 radical (unpaired) electrons. The zero-order valence-electron chi connectivity index (χ0n) is 9.36. The fraction of sp³-hybridized carbons (Fsp3) is 0.364. The minimum atomic E-state index is -0.635. The summed E-state index contributed by atoms with van der Waals surface area (Å²) >= 11 is 6.00. The van der Waals surface area contributed by atoms with Gasteiger partial charge in [-0.2, -0.15) is 0 Å². The summed E-state index contributed by atoms with van der Waals surface area (Å²) in [6.45, 7) is 0. The summed E-state index contributed by atoms with van der Waals surface area (Å²) in [5.41, 5.74) is 7.23. The first kappa shape index (κ1) is 11.9. The van der Waals surface area contributed by atoms with Crippen LogP contribution in [0.25, 0.3) is 5.57 Å². The van der Waals surface area contributed by atoms with E-state index in [4.69, 9.17) is 17.3 Å². The molecule has 1 heterocycles. The van der Waals surface area contributed by atoms with Gasteiger partial charge in [0.2, 0.25) is 0 Å². The summed E-state index contributed by atoms with van der Waals surface area (Å²) in [5.74, 6) is -0.590. The Morgan fingerprint density at radius 3 is 2.88 bits per heavy atom. The summed E-state index contributed by atoms with van der Waals surface area (Å²) in [7, 11) is 1.25. The Kier molecular flexibility index (Phi) is 3.28. The number of nitrogen functional groups attached to an aromatic ring is 1. The molecule has 0 spiro atoms. The summed E-state index contributed by atoms with van der Waals surface area (Å²) in [6.07, 6.45) is 5.05. The molecule has 1 aliphatic carbocycles. The number of ether oxygens (including phenoxy) is 1. The van der Waals surface area contributed by atoms with Gasteiger partial charge in [0.05, 0.1) is 7.11 Å². The van der Waals surface area contributed by atoms with Crippen molar-refractivity contribution in [1.29, 1.82) is 0 Å². The maximum Gasteiger partial charge on any atom is 0.360 e. The smallest absolute Gasteiger partial charge is 0.360 e. The van der Waals surface area contributed by atoms with Crippen molar-refractivity contribution in [2.75, 3.05) is 12.8 Å². The molecule has 0 bridgehead atoms. The molecule has 0 amide bonds. The number of carbonyl (C=O) groups excluding carboxylic acids is 1. The number of halogens is 1. The largest absolute Gasteiger partial charge is 0.464 e. The average molecular weight is 254 g/mol. The molecular formula is C11H12ClN3O2. The summed E-state index contributed by atoms with van der Waals surface area (Å²) in [4.78, 5) is 19.4. The van der Waals surface area contributed by atoms with Crippen molar-refractivity contribution in [3.8, 4) is 0 Å². The Bertz CT molecular complexity index is 500. The Balaban J connectivity index is 2.44. The second kappa shape index (κ2) is 4.71. The Hall–Kier alpha value is -1.62. The number of nitrogens with zero attached hydrogens (tertiary/aromatic N) is 2. The van der Waals surface area contributed by atoms with E-state index < -0.39 is 5.97 Å². The molecule has 2 rings (SSSR count). The molecule has 2 N–H and O–H groups in total. The second-order valence-electron chi connectivity index (χ2n) is 3.71. The van der Waals surface area contributed by atoms with Gasteiger partial charge in [-0.3, -0.25) is 0 Å². The monoisotopic (exact) mass is 253 g/mol. The van der Waals surface area contributed by atoms with Crippen LogP contribution in [0.1, 0.15) is 35.4 Å². The van der Waals surface area contributed by atoms with Gasteiger partial charge >= 0.3 is 5.97 Å². The lowest BCUT2D eigenvalue weighted by Gasteiger charge is -2.08. The third-order valence-corrected chi connectivity index (χ3v) is 2.87. The molecule has 6 heteroatoms. The number of methoxy groups -OCH3 is 1. The fourth-order valence-electron chi connectivity index (χ4n) is 1.77. The molecular weight excluding hydrogens is 242 g/mol. The Morgan fingerprint density at radius 2 is 2.29 bits per heavy atom. The molecule has 0 atom stereocenters. The van der Waals surface area contributed by atoms with E-state index in [1.165, 1.54) is 7.11 Å². The van der Waals surface area contributed by atoms with Crippen LogP contribution >= 0.6 is 11.6 Å². The van der Waals surface area contributed by atoms with Gasteiger partial charge in [-0.25, -0.2) is 14.8 Å². The third kappa shape index (κ3) is 2.24. The SMILES string of the molecule is COC(=O)c1nc(Cl)c(C2=CCCC2)nc1N. The first-order valence-corrected chi connectivity index (χ1v) is 5.62. The van der Waals surface area contributed by atoms with Crippen LogP contribution in [0.5, 0.6) is 0 Å². The highest BCUT2D eigenvalue weighted by atomic mass is 35.5. The predicted octanol–water partition coefficient (Wildman–Crippen LogP) is 2.07.